The van der Waals surface area contributed by atoms with E-state index in [0.717, 1.165) is 0 Å². The van der Waals surface area contributed by atoms with Crippen molar-refractivity contribution in [2.45, 2.75) is 20.1 Å². The second kappa shape index (κ2) is 7.04. The lowest BCUT2D eigenvalue weighted by molar-refractivity contribution is -0.142. The van der Waals surface area contributed by atoms with E-state index >= 15 is 0 Å². The fourth-order valence-electron chi connectivity index (χ4n) is 1.69. The number of halogens is 2. The van der Waals surface area contributed by atoms with Crippen LogP contribution in [0.1, 0.15) is 25.8 Å². The third-order valence-corrected chi connectivity index (χ3v) is 3.38. The maximum Gasteiger partial charge on any atom is 0.204 e. The van der Waals surface area contributed by atoms with Crippen LogP contribution < -0.4 is 0 Å². The van der Waals surface area contributed by atoms with Crippen molar-refractivity contribution in [3.63, 3.8) is 0 Å². The summed E-state index contributed by atoms with van der Waals surface area (Å²) in [5.74, 6) is 0. The molecule has 0 bridgehead atoms. The van der Waals surface area contributed by atoms with Crippen LogP contribution in [-0.4, -0.2) is 28.2 Å². The Morgan fingerprint density at radius 3 is 2.55 bits per heavy atom. The van der Waals surface area contributed by atoms with E-state index < -0.39 is 6.29 Å². The highest BCUT2D eigenvalue weighted by Gasteiger charge is 2.17. The molecule has 20 heavy (non-hydrogen) atoms. The molecule has 0 saturated heterocycles. The van der Waals surface area contributed by atoms with Crippen molar-refractivity contribution in [2.75, 3.05) is 13.2 Å². The van der Waals surface area contributed by atoms with Crippen molar-refractivity contribution >= 4 is 23.2 Å². The molecule has 108 valence electrons. The Bertz CT molecular complexity index is 568. The van der Waals surface area contributed by atoms with E-state index in [1.807, 2.05) is 19.9 Å². The average Bonchev–Trinajstić information content (AvgIpc) is 2.91. The summed E-state index contributed by atoms with van der Waals surface area (Å²) in [4.78, 5) is 0. The topological polar surface area (TPSA) is 49.2 Å². The zero-order valence-corrected chi connectivity index (χ0v) is 12.7. The maximum atomic E-state index is 6.16. The Morgan fingerprint density at radius 1 is 1.20 bits per heavy atom. The Kier molecular flexibility index (Phi) is 5.37. The molecule has 0 radical (unpaired) electrons. The number of rotatable bonds is 6. The largest absolute Gasteiger partial charge is 0.347 e. The van der Waals surface area contributed by atoms with Crippen molar-refractivity contribution in [1.82, 2.24) is 15.0 Å². The Hall–Kier alpha value is -1.14. The van der Waals surface area contributed by atoms with Crippen molar-refractivity contribution in [2.24, 2.45) is 0 Å². The average molecular weight is 316 g/mol. The van der Waals surface area contributed by atoms with Gasteiger partial charge in [-0.1, -0.05) is 34.5 Å². The minimum Gasteiger partial charge on any atom is -0.347 e. The highest BCUT2D eigenvalue weighted by atomic mass is 35.5. The van der Waals surface area contributed by atoms with Gasteiger partial charge in [0.25, 0.3) is 0 Å². The molecule has 1 heterocycles. The molecule has 0 atom stereocenters. The SMILES string of the molecule is CCOC(OCC)c1cn(-c2cccc(Cl)c2Cl)nn1. The molecule has 5 nitrogen and oxygen atoms in total. The van der Waals surface area contributed by atoms with Gasteiger partial charge in [0, 0.05) is 13.2 Å². The first-order valence-electron chi connectivity index (χ1n) is 6.27. The monoisotopic (exact) mass is 315 g/mol. The molecule has 7 heteroatoms. The molecule has 0 aliphatic heterocycles. The van der Waals surface area contributed by atoms with Crippen LogP contribution in [0.3, 0.4) is 0 Å². The first-order valence-corrected chi connectivity index (χ1v) is 7.02. The van der Waals surface area contributed by atoms with Gasteiger partial charge in [0.15, 0.2) is 0 Å². The van der Waals surface area contributed by atoms with Crippen LogP contribution in [0.15, 0.2) is 24.4 Å². The second-order valence-corrected chi connectivity index (χ2v) is 4.69. The molecule has 1 aromatic heterocycles. The highest BCUT2D eigenvalue weighted by Crippen LogP contribution is 2.28. The van der Waals surface area contributed by atoms with Crippen molar-refractivity contribution in [3.8, 4) is 5.69 Å². The molecule has 0 unspecified atom stereocenters. The van der Waals surface area contributed by atoms with Gasteiger partial charge >= 0.3 is 0 Å². The summed E-state index contributed by atoms with van der Waals surface area (Å²) in [5, 5.41) is 8.99. The minimum absolute atomic E-state index is 0.426. The molecule has 2 aromatic rings. The van der Waals surface area contributed by atoms with Gasteiger partial charge < -0.3 is 9.47 Å². The summed E-state index contributed by atoms with van der Waals surface area (Å²) in [6.07, 6.45) is 1.18. The fraction of sp³-hybridized carbons (Fsp3) is 0.385. The zero-order chi connectivity index (χ0) is 14.5. The summed E-state index contributed by atoms with van der Waals surface area (Å²) in [6, 6.07) is 5.32. The quantitative estimate of drug-likeness (QED) is 0.763. The molecular formula is C13H15Cl2N3O2. The van der Waals surface area contributed by atoms with Gasteiger partial charge in [0.1, 0.15) is 5.69 Å². The standard InChI is InChI=1S/C13H15Cl2N3O2/c1-3-19-13(20-4-2)10-8-18(17-16-10)11-7-5-6-9(14)12(11)15/h5-8,13H,3-4H2,1-2H3. The normalized spacial score (nSPS) is 11.2. The Morgan fingerprint density at radius 2 is 1.90 bits per heavy atom. The molecular weight excluding hydrogens is 301 g/mol. The first-order chi connectivity index (χ1) is 9.67. The summed E-state index contributed by atoms with van der Waals surface area (Å²) < 4.78 is 12.5. The lowest BCUT2D eigenvalue weighted by atomic mass is 10.3. The molecule has 0 N–H and O–H groups in total. The van der Waals surface area contributed by atoms with Crippen molar-refractivity contribution in [1.29, 1.82) is 0 Å². The summed E-state index contributed by atoms with van der Waals surface area (Å²) in [5.41, 5.74) is 1.24. The van der Waals surface area contributed by atoms with Crippen LogP contribution in [-0.2, 0) is 9.47 Å². The Labute approximate surface area is 127 Å². The molecule has 0 aliphatic carbocycles. The van der Waals surface area contributed by atoms with Crippen molar-refractivity contribution in [3.05, 3.63) is 40.1 Å². The van der Waals surface area contributed by atoms with Crippen LogP contribution >= 0.6 is 23.2 Å². The zero-order valence-electron chi connectivity index (χ0n) is 11.2. The second-order valence-electron chi connectivity index (χ2n) is 3.90. The Balaban J connectivity index is 2.30. The number of ether oxygens (including phenoxy) is 2. The van der Waals surface area contributed by atoms with E-state index in [0.29, 0.717) is 34.6 Å². The summed E-state index contributed by atoms with van der Waals surface area (Å²) >= 11 is 12.1. The third-order valence-electron chi connectivity index (χ3n) is 2.57. The number of hydrogen-bond acceptors (Lipinski definition) is 4. The molecule has 0 amide bonds. The molecule has 0 aliphatic rings. The predicted octanol–water partition coefficient (Wildman–Crippen LogP) is 3.65. The summed E-state index contributed by atoms with van der Waals surface area (Å²) in [7, 11) is 0. The van der Waals surface area contributed by atoms with Crippen LogP contribution in [0.4, 0.5) is 0 Å². The van der Waals surface area contributed by atoms with Crippen LogP contribution in [0.25, 0.3) is 5.69 Å². The van der Waals surface area contributed by atoms with E-state index in [9.17, 15) is 0 Å². The van der Waals surface area contributed by atoms with Gasteiger partial charge in [-0.2, -0.15) is 0 Å². The van der Waals surface area contributed by atoms with Gasteiger partial charge in [0.05, 0.1) is 21.9 Å². The minimum atomic E-state index is -0.531. The lowest BCUT2D eigenvalue weighted by Crippen LogP contribution is -2.09. The van der Waals surface area contributed by atoms with Gasteiger partial charge in [-0.25, -0.2) is 4.68 Å². The number of nitrogens with zero attached hydrogens (tertiary/aromatic N) is 3. The van der Waals surface area contributed by atoms with E-state index in [1.54, 1.807) is 23.0 Å². The summed E-state index contributed by atoms with van der Waals surface area (Å²) in [6.45, 7) is 4.83. The van der Waals surface area contributed by atoms with E-state index in [1.165, 1.54) is 0 Å². The van der Waals surface area contributed by atoms with E-state index in [-0.39, 0.29) is 0 Å². The smallest absolute Gasteiger partial charge is 0.204 e. The van der Waals surface area contributed by atoms with Crippen LogP contribution in [0, 0.1) is 0 Å². The molecule has 0 fully saturated rings. The predicted molar refractivity (Wildman–Crippen MR) is 77.4 cm³/mol. The van der Waals surface area contributed by atoms with E-state index in [4.69, 9.17) is 32.7 Å². The molecule has 0 saturated carbocycles. The van der Waals surface area contributed by atoms with Gasteiger partial charge in [0.2, 0.25) is 6.29 Å². The van der Waals surface area contributed by atoms with Gasteiger partial charge in [-0.15, -0.1) is 5.10 Å². The fourth-order valence-corrected chi connectivity index (χ4v) is 2.08. The maximum absolute atomic E-state index is 6.16. The number of benzene rings is 1. The van der Waals surface area contributed by atoms with Gasteiger partial charge in [-0.3, -0.25) is 0 Å². The molecule has 0 spiro atoms. The highest BCUT2D eigenvalue weighted by molar-refractivity contribution is 6.43. The van der Waals surface area contributed by atoms with Crippen molar-refractivity contribution < 1.29 is 9.47 Å². The first kappa shape index (κ1) is 15.3. The van der Waals surface area contributed by atoms with Crippen LogP contribution in [0.5, 0.6) is 0 Å². The third kappa shape index (κ3) is 3.30. The molecule has 2 rings (SSSR count). The van der Waals surface area contributed by atoms with Gasteiger partial charge in [-0.05, 0) is 26.0 Å². The van der Waals surface area contributed by atoms with Crippen LogP contribution in [0.2, 0.25) is 10.0 Å². The lowest BCUT2D eigenvalue weighted by Gasteiger charge is -2.13. The molecule has 1 aromatic carbocycles. The van der Waals surface area contributed by atoms with E-state index in [2.05, 4.69) is 10.3 Å². The number of aromatic nitrogens is 3. The number of hydrogen-bond donors (Lipinski definition) is 0.